The third kappa shape index (κ3) is 2.77. The monoisotopic (exact) mass is 341 g/mol. The van der Waals surface area contributed by atoms with E-state index in [4.69, 9.17) is 10.5 Å². The van der Waals surface area contributed by atoms with Crippen LogP contribution in [0.5, 0.6) is 0 Å². The maximum Gasteiger partial charge on any atom is 0.137 e. The average Bonchev–Trinajstić information content (AvgIpc) is 2.63. The molecule has 3 heterocycles. The summed E-state index contributed by atoms with van der Waals surface area (Å²) in [6, 6.07) is 2.17. The number of ether oxygens (including phenoxy) is 1. The molecule has 5 rings (SSSR count). The first-order valence-electron chi connectivity index (χ1n) is 8.97. The van der Waals surface area contributed by atoms with Gasteiger partial charge >= 0.3 is 0 Å². The lowest BCUT2D eigenvalue weighted by Gasteiger charge is -2.53. The predicted molar refractivity (Wildman–Crippen MR) is 89.8 cm³/mol. The minimum atomic E-state index is -0.715. The van der Waals surface area contributed by atoms with Gasteiger partial charge in [-0.15, -0.1) is 0 Å². The average molecular weight is 341 g/mol. The molecule has 4 aliphatic rings. The quantitative estimate of drug-likeness (QED) is 0.847. The highest BCUT2D eigenvalue weighted by Crippen LogP contribution is 2.45. The van der Waals surface area contributed by atoms with E-state index in [0.29, 0.717) is 37.9 Å². The Kier molecular flexibility index (Phi) is 3.91. The van der Waals surface area contributed by atoms with Crippen molar-refractivity contribution in [2.75, 3.05) is 6.61 Å². The lowest BCUT2D eigenvalue weighted by atomic mass is 9.68. The zero-order valence-electron chi connectivity index (χ0n) is 14.3. The third-order valence-corrected chi connectivity index (χ3v) is 6.27. The highest BCUT2D eigenvalue weighted by molar-refractivity contribution is 5.83. The van der Waals surface area contributed by atoms with E-state index < -0.39 is 11.7 Å². The smallest absolute Gasteiger partial charge is 0.137 e. The standard InChI is InChI=1S/C19H23N3O3/c20-9-12-10-22-16-2-1-13(23)7-15(16)14(12)8-17(24)19-5-3-18(21,4-6-19)11-25-19/h10,17,24H,1-8,11,21H2. The van der Waals surface area contributed by atoms with Crippen LogP contribution >= 0.6 is 0 Å². The maximum atomic E-state index is 11.9. The summed E-state index contributed by atoms with van der Waals surface area (Å²) >= 11 is 0. The second kappa shape index (κ2) is 5.87. The van der Waals surface area contributed by atoms with Crippen LogP contribution in [0.4, 0.5) is 0 Å². The van der Waals surface area contributed by atoms with Crippen LogP contribution in [0, 0.1) is 11.3 Å². The van der Waals surface area contributed by atoms with E-state index in [1.54, 1.807) is 6.20 Å². The number of nitriles is 1. The van der Waals surface area contributed by atoms with Crippen molar-refractivity contribution in [1.82, 2.24) is 4.98 Å². The van der Waals surface area contributed by atoms with Gasteiger partial charge in [0.25, 0.3) is 0 Å². The summed E-state index contributed by atoms with van der Waals surface area (Å²) in [5.41, 5.74) is 8.37. The molecule has 6 nitrogen and oxygen atoms in total. The first-order chi connectivity index (χ1) is 11.9. The molecule has 6 heteroatoms. The number of pyridine rings is 1. The fourth-order valence-electron chi connectivity index (χ4n) is 4.49. The van der Waals surface area contributed by atoms with Gasteiger partial charge in [-0.1, -0.05) is 0 Å². The first kappa shape index (κ1) is 16.6. The fourth-order valence-corrected chi connectivity index (χ4v) is 4.49. The Balaban J connectivity index is 1.64. The number of fused-ring (bicyclic) bond motifs is 4. The van der Waals surface area contributed by atoms with Gasteiger partial charge in [0.15, 0.2) is 0 Å². The number of aliphatic hydroxyl groups is 1. The molecule has 1 atom stereocenters. The molecule has 2 saturated heterocycles. The van der Waals surface area contributed by atoms with Crippen LogP contribution < -0.4 is 5.73 Å². The van der Waals surface area contributed by atoms with Crippen molar-refractivity contribution in [3.05, 3.63) is 28.6 Å². The zero-order chi connectivity index (χ0) is 17.7. The van der Waals surface area contributed by atoms with Crippen molar-refractivity contribution in [2.45, 2.75) is 68.6 Å². The summed E-state index contributed by atoms with van der Waals surface area (Å²) in [6.07, 6.45) is 5.76. The summed E-state index contributed by atoms with van der Waals surface area (Å²) in [6.45, 7) is 0.474. The Morgan fingerprint density at radius 2 is 2.12 bits per heavy atom. The number of aromatic nitrogens is 1. The van der Waals surface area contributed by atoms with Crippen molar-refractivity contribution in [3.8, 4) is 6.07 Å². The van der Waals surface area contributed by atoms with E-state index >= 15 is 0 Å². The minimum Gasteiger partial charge on any atom is -0.390 e. The van der Waals surface area contributed by atoms with Gasteiger partial charge in [-0.3, -0.25) is 9.78 Å². The number of aryl methyl sites for hydroxylation is 1. The molecular weight excluding hydrogens is 318 g/mol. The van der Waals surface area contributed by atoms with Crippen LogP contribution in [0.25, 0.3) is 0 Å². The van der Waals surface area contributed by atoms with Gasteiger partial charge < -0.3 is 15.6 Å². The molecule has 1 unspecified atom stereocenters. The molecule has 1 saturated carbocycles. The van der Waals surface area contributed by atoms with E-state index in [1.807, 2.05) is 0 Å². The van der Waals surface area contributed by atoms with Crippen molar-refractivity contribution in [3.63, 3.8) is 0 Å². The topological polar surface area (TPSA) is 109 Å². The molecule has 0 amide bonds. The normalized spacial score (nSPS) is 32.1. The third-order valence-electron chi connectivity index (χ3n) is 6.27. The van der Waals surface area contributed by atoms with Crippen LogP contribution in [0.15, 0.2) is 6.20 Å². The highest BCUT2D eigenvalue weighted by atomic mass is 16.5. The van der Waals surface area contributed by atoms with E-state index in [-0.39, 0.29) is 11.3 Å². The number of carbonyl (C=O) groups excluding carboxylic acids is 1. The van der Waals surface area contributed by atoms with Gasteiger partial charge in [0, 0.05) is 36.7 Å². The maximum absolute atomic E-state index is 11.9. The van der Waals surface area contributed by atoms with Crippen LogP contribution in [0.3, 0.4) is 0 Å². The largest absolute Gasteiger partial charge is 0.390 e. The lowest BCUT2D eigenvalue weighted by Crippen LogP contribution is -2.63. The van der Waals surface area contributed by atoms with E-state index in [9.17, 15) is 15.2 Å². The van der Waals surface area contributed by atoms with Gasteiger partial charge in [0.05, 0.1) is 23.9 Å². The van der Waals surface area contributed by atoms with E-state index in [1.165, 1.54) is 0 Å². The van der Waals surface area contributed by atoms with Crippen molar-refractivity contribution >= 4 is 5.78 Å². The highest BCUT2D eigenvalue weighted by Gasteiger charge is 2.51. The van der Waals surface area contributed by atoms with Gasteiger partial charge in [-0.05, 0) is 43.2 Å². The number of aliphatic hydroxyl groups excluding tert-OH is 1. The molecule has 0 radical (unpaired) electrons. The van der Waals surface area contributed by atoms with Gasteiger partial charge in [-0.25, -0.2) is 0 Å². The Morgan fingerprint density at radius 3 is 2.76 bits per heavy atom. The summed E-state index contributed by atoms with van der Waals surface area (Å²) in [5.74, 6) is 0.165. The molecule has 2 aliphatic carbocycles. The van der Waals surface area contributed by atoms with E-state index in [0.717, 1.165) is 42.5 Å². The second-order valence-electron chi connectivity index (χ2n) is 7.84. The van der Waals surface area contributed by atoms with E-state index in [2.05, 4.69) is 11.1 Å². The minimum absolute atomic E-state index is 0.165. The molecule has 132 valence electrons. The molecule has 1 aromatic heterocycles. The number of hydrogen-bond donors (Lipinski definition) is 2. The fraction of sp³-hybridized carbons (Fsp3) is 0.632. The molecule has 3 N–H and O–H groups in total. The Bertz CT molecular complexity index is 743. The number of rotatable bonds is 3. The molecule has 1 aromatic rings. The Labute approximate surface area is 147 Å². The SMILES string of the molecule is N#Cc1cnc2c(c1CC(O)C13CCC(N)(CC1)CO3)CC(=O)CC2. The Hall–Kier alpha value is -1.81. The predicted octanol–water partition coefficient (Wildman–Crippen LogP) is 0.955. The number of carbonyl (C=O) groups is 1. The zero-order valence-corrected chi connectivity index (χ0v) is 14.3. The van der Waals surface area contributed by atoms with Crippen molar-refractivity contribution in [2.24, 2.45) is 5.73 Å². The molecule has 0 aromatic carbocycles. The molecule has 2 bridgehead atoms. The number of hydrogen-bond acceptors (Lipinski definition) is 6. The summed E-state index contributed by atoms with van der Waals surface area (Å²) in [5, 5.41) is 20.5. The number of nitrogens with two attached hydrogens (primary N) is 1. The van der Waals surface area contributed by atoms with Crippen LogP contribution in [0.2, 0.25) is 0 Å². The molecule has 0 spiro atoms. The summed E-state index contributed by atoms with van der Waals surface area (Å²) in [7, 11) is 0. The number of Topliss-reactive ketones (excluding diaryl/α,β-unsaturated/α-hetero) is 1. The molecule has 2 aliphatic heterocycles. The first-order valence-corrected chi connectivity index (χ1v) is 8.97. The van der Waals surface area contributed by atoms with Crippen LogP contribution in [0.1, 0.15) is 54.5 Å². The van der Waals surface area contributed by atoms with Gasteiger partial charge in [0.2, 0.25) is 0 Å². The summed E-state index contributed by atoms with van der Waals surface area (Å²) in [4.78, 5) is 16.3. The number of nitrogens with zero attached hydrogens (tertiary/aromatic N) is 2. The van der Waals surface area contributed by atoms with Crippen molar-refractivity contribution in [1.29, 1.82) is 5.26 Å². The Morgan fingerprint density at radius 1 is 1.36 bits per heavy atom. The second-order valence-corrected chi connectivity index (χ2v) is 7.84. The molecule has 3 fully saturated rings. The van der Waals surface area contributed by atoms with Gasteiger partial charge in [0.1, 0.15) is 11.9 Å². The summed E-state index contributed by atoms with van der Waals surface area (Å²) < 4.78 is 6.00. The molecular formula is C19H23N3O3. The van der Waals surface area contributed by atoms with Crippen LogP contribution in [-0.2, 0) is 28.8 Å². The lowest BCUT2D eigenvalue weighted by molar-refractivity contribution is -0.201. The molecule has 25 heavy (non-hydrogen) atoms. The number of ketones is 1. The van der Waals surface area contributed by atoms with Crippen molar-refractivity contribution < 1.29 is 14.6 Å². The van der Waals surface area contributed by atoms with Gasteiger partial charge in [-0.2, -0.15) is 5.26 Å². The van der Waals surface area contributed by atoms with Crippen LogP contribution in [-0.4, -0.2) is 39.7 Å².